The van der Waals surface area contributed by atoms with Crippen LogP contribution in [0.3, 0.4) is 0 Å². The molecule has 0 saturated carbocycles. The Bertz CT molecular complexity index is 423. The maximum absolute atomic E-state index is 4.21. The largest absolute Gasteiger partial charge is 0.0947 e. The third-order valence-corrected chi connectivity index (χ3v) is 3.85. The zero-order valence-electron chi connectivity index (χ0n) is 9.78. The third-order valence-electron chi connectivity index (χ3n) is 3.85. The minimum Gasteiger partial charge on any atom is -0.0947 e. The first-order chi connectivity index (χ1) is 6.37. The molecule has 0 aromatic carbocycles. The van der Waals surface area contributed by atoms with Crippen molar-refractivity contribution in [3.05, 3.63) is 46.1 Å². The maximum Gasteiger partial charge on any atom is 0.0149 e. The van der Waals surface area contributed by atoms with Gasteiger partial charge in [0.05, 0.1) is 0 Å². The van der Waals surface area contributed by atoms with Gasteiger partial charge in [0.2, 0.25) is 0 Å². The van der Waals surface area contributed by atoms with Crippen LogP contribution in [0, 0.1) is 5.41 Å². The van der Waals surface area contributed by atoms with Crippen LogP contribution in [0.4, 0.5) is 0 Å². The molecule has 0 amide bonds. The number of allylic oxidation sites excluding steroid dienone is 7. The van der Waals surface area contributed by atoms with Gasteiger partial charge in [-0.3, -0.25) is 0 Å². The van der Waals surface area contributed by atoms with E-state index in [1.807, 2.05) is 0 Å². The van der Waals surface area contributed by atoms with Crippen molar-refractivity contribution in [2.45, 2.75) is 34.6 Å². The lowest BCUT2D eigenvalue weighted by Crippen LogP contribution is -2.11. The molecule has 0 aliphatic heterocycles. The quantitative estimate of drug-likeness (QED) is 0.532. The van der Waals surface area contributed by atoms with E-state index in [2.05, 4.69) is 47.3 Å². The van der Waals surface area contributed by atoms with Crippen molar-refractivity contribution >= 4 is 0 Å². The molecule has 0 fully saturated rings. The van der Waals surface area contributed by atoms with Crippen molar-refractivity contribution < 1.29 is 0 Å². The highest BCUT2D eigenvalue weighted by Crippen LogP contribution is 2.54. The molecule has 0 spiro atoms. The minimum atomic E-state index is 0.137. The number of rotatable bonds is 0. The highest BCUT2D eigenvalue weighted by atomic mass is 14.4. The normalized spacial score (nSPS) is 24.6. The average Bonchev–Trinajstić information content (AvgIpc) is 2.48. The summed E-state index contributed by atoms with van der Waals surface area (Å²) >= 11 is 0. The Balaban J connectivity index is 2.70. The van der Waals surface area contributed by atoms with Crippen molar-refractivity contribution in [1.29, 1.82) is 0 Å². The summed E-state index contributed by atoms with van der Waals surface area (Å²) in [6.45, 7) is 15.3. The Morgan fingerprint density at radius 2 is 1.64 bits per heavy atom. The fourth-order valence-electron chi connectivity index (χ4n) is 2.55. The standard InChI is InChI=1S/C14H18/c1-8-7-12-13(9(8)2)10(3)11(4)14(12,5)6/h7H,4H2,1-3,5-6H3. The van der Waals surface area contributed by atoms with Crippen molar-refractivity contribution in [2.75, 3.05) is 0 Å². The molecule has 0 heteroatoms. The number of hydrogen-bond donors (Lipinski definition) is 0. The van der Waals surface area contributed by atoms with E-state index in [1.165, 1.54) is 33.4 Å². The molecule has 2 rings (SSSR count). The van der Waals surface area contributed by atoms with Gasteiger partial charge in [-0.2, -0.15) is 0 Å². The Morgan fingerprint density at radius 3 is 2.14 bits per heavy atom. The molecule has 0 radical (unpaired) electrons. The van der Waals surface area contributed by atoms with Crippen LogP contribution in [-0.4, -0.2) is 0 Å². The minimum absolute atomic E-state index is 0.137. The Labute approximate surface area is 86.7 Å². The summed E-state index contributed by atoms with van der Waals surface area (Å²) in [5, 5.41) is 0. The van der Waals surface area contributed by atoms with Crippen molar-refractivity contribution in [3.8, 4) is 0 Å². The summed E-state index contributed by atoms with van der Waals surface area (Å²) in [5.74, 6) is 0. The van der Waals surface area contributed by atoms with E-state index in [9.17, 15) is 0 Å². The molecular formula is C14H18. The van der Waals surface area contributed by atoms with Crippen LogP contribution < -0.4 is 0 Å². The summed E-state index contributed by atoms with van der Waals surface area (Å²) in [7, 11) is 0. The molecule has 0 aromatic rings. The molecule has 2 aliphatic carbocycles. The number of fused-ring (bicyclic) bond motifs is 1. The van der Waals surface area contributed by atoms with Gasteiger partial charge in [0, 0.05) is 5.41 Å². The van der Waals surface area contributed by atoms with Crippen LogP contribution in [-0.2, 0) is 0 Å². The van der Waals surface area contributed by atoms with E-state index >= 15 is 0 Å². The fraction of sp³-hybridized carbons (Fsp3) is 0.429. The smallest absolute Gasteiger partial charge is 0.0149 e. The van der Waals surface area contributed by atoms with Crippen LogP contribution in [0.25, 0.3) is 0 Å². The van der Waals surface area contributed by atoms with Crippen LogP contribution in [0.5, 0.6) is 0 Å². The molecule has 2 aliphatic rings. The van der Waals surface area contributed by atoms with Crippen LogP contribution >= 0.6 is 0 Å². The Hall–Kier alpha value is -1.04. The van der Waals surface area contributed by atoms with Crippen molar-refractivity contribution in [3.63, 3.8) is 0 Å². The van der Waals surface area contributed by atoms with Gasteiger partial charge in [0.25, 0.3) is 0 Å². The molecule has 0 heterocycles. The first kappa shape index (κ1) is 9.51. The summed E-state index contributed by atoms with van der Waals surface area (Å²) in [6, 6.07) is 0. The summed E-state index contributed by atoms with van der Waals surface area (Å²) in [6.07, 6.45) is 2.33. The van der Waals surface area contributed by atoms with Gasteiger partial charge < -0.3 is 0 Å². The molecule has 0 N–H and O–H groups in total. The van der Waals surface area contributed by atoms with E-state index in [4.69, 9.17) is 0 Å². The zero-order valence-corrected chi connectivity index (χ0v) is 9.78. The second-order valence-electron chi connectivity index (χ2n) is 4.97. The highest BCUT2D eigenvalue weighted by molar-refractivity contribution is 5.71. The third kappa shape index (κ3) is 0.890. The summed E-state index contributed by atoms with van der Waals surface area (Å²) in [5.41, 5.74) is 8.58. The molecule has 0 saturated heterocycles. The van der Waals surface area contributed by atoms with Crippen LogP contribution in [0.15, 0.2) is 46.1 Å². The predicted molar refractivity (Wildman–Crippen MR) is 62.1 cm³/mol. The van der Waals surface area contributed by atoms with E-state index in [1.54, 1.807) is 0 Å². The van der Waals surface area contributed by atoms with E-state index in [0.29, 0.717) is 0 Å². The van der Waals surface area contributed by atoms with Gasteiger partial charge in [-0.25, -0.2) is 0 Å². The zero-order chi connectivity index (χ0) is 10.7. The summed E-state index contributed by atoms with van der Waals surface area (Å²) < 4.78 is 0. The molecule has 14 heavy (non-hydrogen) atoms. The van der Waals surface area contributed by atoms with Crippen molar-refractivity contribution in [2.24, 2.45) is 5.41 Å². The molecule has 0 nitrogen and oxygen atoms in total. The fourth-order valence-corrected chi connectivity index (χ4v) is 2.55. The molecule has 0 bridgehead atoms. The number of hydrogen-bond acceptors (Lipinski definition) is 0. The van der Waals surface area contributed by atoms with Gasteiger partial charge in [-0.1, -0.05) is 26.5 Å². The predicted octanol–water partition coefficient (Wildman–Crippen LogP) is 4.18. The van der Waals surface area contributed by atoms with Gasteiger partial charge in [0.15, 0.2) is 0 Å². The van der Waals surface area contributed by atoms with E-state index in [-0.39, 0.29) is 5.41 Å². The topological polar surface area (TPSA) is 0 Å². The SMILES string of the molecule is C=C1C(C)=C2C(=CC(C)=C2C)C1(C)C. The van der Waals surface area contributed by atoms with Gasteiger partial charge >= 0.3 is 0 Å². The van der Waals surface area contributed by atoms with Crippen molar-refractivity contribution in [1.82, 2.24) is 0 Å². The molecule has 0 aromatic heterocycles. The average molecular weight is 186 g/mol. The lowest BCUT2D eigenvalue weighted by Gasteiger charge is -2.22. The second kappa shape index (κ2) is 2.50. The van der Waals surface area contributed by atoms with Gasteiger partial charge in [-0.05, 0) is 54.2 Å². The lowest BCUT2D eigenvalue weighted by atomic mass is 9.81. The van der Waals surface area contributed by atoms with Crippen LogP contribution in [0.1, 0.15) is 34.6 Å². The first-order valence-corrected chi connectivity index (χ1v) is 5.18. The Kier molecular flexibility index (Phi) is 1.70. The summed E-state index contributed by atoms with van der Waals surface area (Å²) in [4.78, 5) is 0. The van der Waals surface area contributed by atoms with Gasteiger partial charge in [-0.15, -0.1) is 0 Å². The highest BCUT2D eigenvalue weighted by Gasteiger charge is 2.40. The van der Waals surface area contributed by atoms with Gasteiger partial charge in [0.1, 0.15) is 0 Å². The molecule has 74 valence electrons. The van der Waals surface area contributed by atoms with E-state index < -0.39 is 0 Å². The Morgan fingerprint density at radius 1 is 1.07 bits per heavy atom. The lowest BCUT2D eigenvalue weighted by molar-refractivity contribution is 0.578. The van der Waals surface area contributed by atoms with Crippen LogP contribution in [0.2, 0.25) is 0 Å². The molecule has 0 unspecified atom stereocenters. The first-order valence-electron chi connectivity index (χ1n) is 5.18. The second-order valence-corrected chi connectivity index (χ2v) is 4.97. The van der Waals surface area contributed by atoms with E-state index in [0.717, 1.165) is 0 Å². The molecular weight excluding hydrogens is 168 g/mol. The monoisotopic (exact) mass is 186 g/mol. The maximum atomic E-state index is 4.21. The molecule has 0 atom stereocenters.